The molecule has 1 aliphatic rings. The number of benzene rings is 6. The van der Waals surface area contributed by atoms with Crippen LogP contribution in [0.15, 0.2) is 132 Å². The van der Waals surface area contributed by atoms with Crippen LogP contribution in [-0.2, 0) is 16.2 Å². The minimum absolute atomic E-state index is 0.0106. The van der Waals surface area contributed by atoms with Crippen LogP contribution in [0.25, 0.3) is 44.2 Å². The van der Waals surface area contributed by atoms with Crippen molar-refractivity contribution in [2.75, 3.05) is 4.90 Å². The van der Waals surface area contributed by atoms with Crippen molar-refractivity contribution in [3.05, 3.63) is 150 Å². The summed E-state index contributed by atoms with van der Waals surface area (Å²) in [6.07, 6.45) is 0. The van der Waals surface area contributed by atoms with E-state index in [1.807, 2.05) is 0 Å². The molecule has 0 N–H and O–H groups in total. The number of fused-ring (bicyclic) bond motifs is 6. The van der Waals surface area contributed by atoms with Crippen LogP contribution in [0.2, 0.25) is 0 Å². The first-order chi connectivity index (χ1) is 23.3. The van der Waals surface area contributed by atoms with E-state index in [9.17, 15) is 0 Å². The lowest BCUT2D eigenvalue weighted by Gasteiger charge is -2.28. The van der Waals surface area contributed by atoms with Gasteiger partial charge in [0.25, 0.3) is 0 Å². The first-order valence-corrected chi connectivity index (χ1v) is 17.5. The van der Waals surface area contributed by atoms with E-state index >= 15 is 0 Å². The first-order valence-electron chi connectivity index (χ1n) is 17.5. The van der Waals surface area contributed by atoms with E-state index in [4.69, 9.17) is 4.42 Å². The largest absolute Gasteiger partial charge is 0.456 e. The number of anilines is 3. The third kappa shape index (κ3) is 5.17. The highest BCUT2D eigenvalue weighted by Crippen LogP contribution is 2.51. The minimum atomic E-state index is -0.0950. The van der Waals surface area contributed by atoms with E-state index in [2.05, 4.69) is 188 Å². The summed E-state index contributed by atoms with van der Waals surface area (Å²) in [7, 11) is 0. The predicted molar refractivity (Wildman–Crippen MR) is 209 cm³/mol. The highest BCUT2D eigenvalue weighted by Gasteiger charge is 2.36. The monoisotopic (exact) mass is 639 g/mol. The summed E-state index contributed by atoms with van der Waals surface area (Å²) >= 11 is 0. The number of hydrogen-bond donors (Lipinski definition) is 0. The number of nitrogens with zero attached hydrogens (tertiary/aromatic N) is 1. The molecule has 1 aliphatic carbocycles. The first kappa shape index (κ1) is 31.2. The van der Waals surface area contributed by atoms with E-state index in [0.29, 0.717) is 0 Å². The third-order valence-corrected chi connectivity index (χ3v) is 10.5. The van der Waals surface area contributed by atoms with Crippen LogP contribution in [0.1, 0.15) is 77.6 Å². The summed E-state index contributed by atoms with van der Waals surface area (Å²) in [6.45, 7) is 18.4. The van der Waals surface area contributed by atoms with Gasteiger partial charge in [-0.1, -0.05) is 134 Å². The quantitative estimate of drug-likeness (QED) is 0.191. The van der Waals surface area contributed by atoms with E-state index < -0.39 is 0 Å². The Morgan fingerprint density at radius 1 is 0.510 bits per heavy atom. The normalized spacial score (nSPS) is 13.9. The van der Waals surface area contributed by atoms with Crippen LogP contribution in [0, 0.1) is 0 Å². The third-order valence-electron chi connectivity index (χ3n) is 10.5. The topological polar surface area (TPSA) is 16.4 Å². The van der Waals surface area contributed by atoms with Crippen molar-refractivity contribution >= 4 is 39.0 Å². The number of rotatable bonds is 4. The summed E-state index contributed by atoms with van der Waals surface area (Å²) in [6, 6.07) is 46.9. The number of hydrogen-bond acceptors (Lipinski definition) is 2. The van der Waals surface area contributed by atoms with Crippen LogP contribution in [0.5, 0.6) is 0 Å². The Labute approximate surface area is 291 Å². The molecule has 7 aromatic rings. The van der Waals surface area contributed by atoms with Gasteiger partial charge in [0.05, 0.1) is 0 Å². The average molecular weight is 640 g/mol. The van der Waals surface area contributed by atoms with Gasteiger partial charge in [-0.3, -0.25) is 0 Å². The zero-order valence-electron chi connectivity index (χ0n) is 30.0. The average Bonchev–Trinajstić information content (AvgIpc) is 3.56. The minimum Gasteiger partial charge on any atom is -0.456 e. The molecule has 0 aliphatic heterocycles. The molecule has 49 heavy (non-hydrogen) atoms. The lowest BCUT2D eigenvalue weighted by Crippen LogP contribution is -2.16. The molecular formula is C47H45NO. The van der Waals surface area contributed by atoms with Crippen LogP contribution in [-0.4, -0.2) is 0 Å². The van der Waals surface area contributed by atoms with Crippen LogP contribution < -0.4 is 4.90 Å². The maximum absolute atomic E-state index is 6.69. The molecule has 1 heterocycles. The van der Waals surface area contributed by atoms with E-state index in [-0.39, 0.29) is 16.2 Å². The van der Waals surface area contributed by atoms with Crippen molar-refractivity contribution in [1.29, 1.82) is 0 Å². The Morgan fingerprint density at radius 3 is 1.84 bits per heavy atom. The van der Waals surface area contributed by atoms with Gasteiger partial charge in [-0.15, -0.1) is 0 Å². The fourth-order valence-corrected chi connectivity index (χ4v) is 7.71. The van der Waals surface area contributed by atoms with E-state index in [1.54, 1.807) is 0 Å². The zero-order chi connectivity index (χ0) is 34.3. The molecule has 0 amide bonds. The van der Waals surface area contributed by atoms with Gasteiger partial charge >= 0.3 is 0 Å². The van der Waals surface area contributed by atoms with Crippen LogP contribution in [0.4, 0.5) is 17.1 Å². The molecule has 8 rings (SSSR count). The smallest absolute Gasteiger partial charge is 0.139 e. The van der Waals surface area contributed by atoms with Gasteiger partial charge < -0.3 is 9.32 Å². The summed E-state index contributed by atoms with van der Waals surface area (Å²) in [5.41, 5.74) is 15.5. The van der Waals surface area contributed by atoms with Crippen molar-refractivity contribution in [2.24, 2.45) is 0 Å². The molecule has 0 saturated carbocycles. The highest BCUT2D eigenvalue weighted by molar-refractivity contribution is 6.08. The Bertz CT molecular complexity index is 2360. The fraction of sp³-hybridized carbons (Fsp3) is 0.234. The second-order valence-corrected chi connectivity index (χ2v) is 16.3. The molecule has 0 unspecified atom stereocenters. The van der Waals surface area contributed by atoms with Crippen LogP contribution >= 0.6 is 0 Å². The summed E-state index contributed by atoms with van der Waals surface area (Å²) < 4.78 is 6.69. The van der Waals surface area contributed by atoms with Gasteiger partial charge in [-0.2, -0.15) is 0 Å². The maximum Gasteiger partial charge on any atom is 0.139 e. The number of furan rings is 1. The van der Waals surface area contributed by atoms with Gasteiger partial charge in [-0.05, 0) is 98.3 Å². The van der Waals surface area contributed by atoms with Gasteiger partial charge in [0.1, 0.15) is 11.2 Å². The lowest BCUT2D eigenvalue weighted by molar-refractivity contribution is 0.559. The second kappa shape index (κ2) is 11.0. The Hall–Kier alpha value is -5.08. The zero-order valence-corrected chi connectivity index (χ0v) is 30.0. The molecule has 0 fully saturated rings. The molecule has 6 aromatic carbocycles. The molecular weight excluding hydrogens is 595 g/mol. The molecule has 2 heteroatoms. The Morgan fingerprint density at radius 2 is 1.12 bits per heavy atom. The van der Waals surface area contributed by atoms with Crippen molar-refractivity contribution in [3.8, 4) is 22.3 Å². The van der Waals surface area contributed by atoms with Gasteiger partial charge in [0, 0.05) is 38.8 Å². The maximum atomic E-state index is 6.69. The lowest BCUT2D eigenvalue weighted by atomic mass is 9.79. The van der Waals surface area contributed by atoms with Crippen molar-refractivity contribution in [2.45, 2.75) is 71.6 Å². The molecule has 0 saturated heterocycles. The molecule has 0 bridgehead atoms. The molecule has 2 nitrogen and oxygen atoms in total. The highest BCUT2D eigenvalue weighted by atomic mass is 16.3. The van der Waals surface area contributed by atoms with Crippen molar-refractivity contribution in [3.63, 3.8) is 0 Å². The summed E-state index contributed by atoms with van der Waals surface area (Å²) in [4.78, 5) is 2.41. The van der Waals surface area contributed by atoms with Crippen molar-refractivity contribution < 1.29 is 4.42 Å². The van der Waals surface area contributed by atoms with Gasteiger partial charge in [0.2, 0.25) is 0 Å². The summed E-state index contributed by atoms with van der Waals surface area (Å²) in [5.74, 6) is 0. The van der Waals surface area contributed by atoms with Gasteiger partial charge in [-0.25, -0.2) is 0 Å². The van der Waals surface area contributed by atoms with Crippen LogP contribution in [0.3, 0.4) is 0 Å². The predicted octanol–water partition coefficient (Wildman–Crippen LogP) is 13.6. The molecule has 0 spiro atoms. The van der Waals surface area contributed by atoms with Crippen molar-refractivity contribution in [1.82, 2.24) is 0 Å². The van der Waals surface area contributed by atoms with E-state index in [0.717, 1.165) is 33.6 Å². The molecule has 1 aromatic heterocycles. The summed E-state index contributed by atoms with van der Waals surface area (Å²) in [5, 5.41) is 2.32. The molecule has 244 valence electrons. The fourth-order valence-electron chi connectivity index (χ4n) is 7.71. The standard InChI is InChI=1S/C47H45NO/c1-45(2,3)32-26-39-38-28-34(23-25-43(38)49-44(39)42(27-32)46(4,5)6)48(33-20-18-31(19-21-33)30-14-10-9-11-15-30)35-22-24-37-36-16-12-13-17-40(36)47(7,8)41(37)29-35/h9-29H,1-8H3. The Kier molecular flexibility index (Phi) is 6.99. The second-order valence-electron chi connectivity index (χ2n) is 16.3. The molecule has 0 atom stereocenters. The SMILES string of the molecule is CC(C)(C)c1cc(C(C)(C)C)c2oc3ccc(N(c4ccc(-c5ccccc5)cc4)c4ccc5c(c4)C(C)(C)c4ccccc4-5)cc3c2c1. The Balaban J connectivity index is 1.34. The van der Waals surface area contributed by atoms with E-state index in [1.165, 1.54) is 49.9 Å². The molecule has 0 radical (unpaired) electrons. The van der Waals surface area contributed by atoms with Gasteiger partial charge in [0.15, 0.2) is 0 Å².